The molecule has 25 heteroatoms. The molecule has 0 atom stereocenters. The van der Waals surface area contributed by atoms with Crippen LogP contribution in [0.1, 0.15) is 20.8 Å². The molecule has 0 aromatic rings. The molecule has 3 N–H and O–H groups in total. The Morgan fingerprint density at radius 1 is 0.257 bits per heavy atom. The van der Waals surface area contributed by atoms with Crippen LogP contribution < -0.4 is 11.1 Å². The largest absolute Gasteiger partial charge is 0.444 e. The third-order valence-corrected chi connectivity index (χ3v) is 8.62. The van der Waals surface area contributed by atoms with Crippen molar-refractivity contribution in [3.05, 3.63) is 0 Å². The van der Waals surface area contributed by atoms with E-state index >= 15 is 0 Å². The lowest BCUT2D eigenvalue weighted by Crippen LogP contribution is -2.34. The Kier molecular flexibility index (Phi) is 62.5. The highest BCUT2D eigenvalue weighted by atomic mass is 16.6. The molecule has 0 radical (unpaired) electrons. The zero-order valence-corrected chi connectivity index (χ0v) is 45.6. The van der Waals surface area contributed by atoms with Crippen LogP contribution in [0.4, 0.5) is 4.79 Å². The number of carbonyl (C=O) groups is 1. The van der Waals surface area contributed by atoms with Crippen LogP contribution in [0, 0.1) is 0 Å². The topological polar surface area (TPSA) is 258 Å². The highest BCUT2D eigenvalue weighted by molar-refractivity contribution is 5.67. The molecule has 25 nitrogen and oxygen atoms in total. The lowest BCUT2D eigenvalue weighted by molar-refractivity contribution is -0.0315. The zero-order valence-electron chi connectivity index (χ0n) is 45.6. The Morgan fingerprint density at radius 3 is 0.527 bits per heavy atom. The van der Waals surface area contributed by atoms with Crippen molar-refractivity contribution in [3.8, 4) is 0 Å². The van der Waals surface area contributed by atoms with Gasteiger partial charge < -0.3 is 115 Å². The summed E-state index contributed by atoms with van der Waals surface area (Å²) in [5.41, 5.74) is 4.82. The summed E-state index contributed by atoms with van der Waals surface area (Å²) in [7, 11) is 0. The van der Waals surface area contributed by atoms with Crippen LogP contribution in [-0.4, -0.2) is 302 Å². The van der Waals surface area contributed by atoms with E-state index in [0.717, 1.165) is 0 Å². The van der Waals surface area contributed by atoms with Gasteiger partial charge in [0.1, 0.15) is 5.60 Å². The predicted octanol–water partition coefficient (Wildman–Crippen LogP) is 0.818. The summed E-state index contributed by atoms with van der Waals surface area (Å²) >= 11 is 0. The van der Waals surface area contributed by atoms with Crippen LogP contribution in [-0.2, 0) is 104 Å². The minimum absolute atomic E-state index is 0.375. The van der Waals surface area contributed by atoms with E-state index in [1.807, 2.05) is 20.8 Å². The number of rotatable bonds is 65. The maximum atomic E-state index is 11.5. The van der Waals surface area contributed by atoms with Gasteiger partial charge in [-0.2, -0.15) is 0 Å². The summed E-state index contributed by atoms with van der Waals surface area (Å²) in [5, 5.41) is 2.63. The van der Waals surface area contributed by atoms with Gasteiger partial charge in [0.05, 0.1) is 277 Å². The van der Waals surface area contributed by atoms with E-state index < -0.39 is 11.7 Å². The van der Waals surface area contributed by atoms with E-state index in [2.05, 4.69) is 5.32 Å². The van der Waals surface area contributed by atoms with Gasteiger partial charge in [-0.1, -0.05) is 0 Å². The number of nitrogens with one attached hydrogen (secondary N) is 1. The molecule has 0 aromatic heterocycles. The molecule has 0 aromatic carbocycles. The molecule has 0 rings (SSSR count). The van der Waals surface area contributed by atoms with E-state index in [1.54, 1.807) is 0 Å². The van der Waals surface area contributed by atoms with Crippen molar-refractivity contribution in [1.82, 2.24) is 5.32 Å². The summed E-state index contributed by atoms with van der Waals surface area (Å²) in [6, 6.07) is 0. The van der Waals surface area contributed by atoms with Crippen LogP contribution >= 0.6 is 0 Å². The molecule has 0 unspecified atom stereocenters. The monoisotopic (exact) mass is 1080 g/mol. The van der Waals surface area contributed by atoms with E-state index in [-0.39, 0.29) is 0 Å². The van der Waals surface area contributed by atoms with Crippen molar-refractivity contribution >= 4 is 6.09 Å². The number of carbonyl (C=O) groups excluding carboxylic acids is 1. The number of ether oxygens (including phenoxy) is 22. The van der Waals surface area contributed by atoms with Crippen LogP contribution in [0.5, 0.6) is 0 Å². The minimum Gasteiger partial charge on any atom is -0.444 e. The van der Waals surface area contributed by atoms with Gasteiger partial charge in [0.15, 0.2) is 0 Å². The second-order valence-electron chi connectivity index (χ2n) is 16.1. The molecule has 444 valence electrons. The van der Waals surface area contributed by atoms with Crippen LogP contribution in [0.15, 0.2) is 0 Å². The molecular weight excluding hydrogens is 985 g/mol. The van der Waals surface area contributed by atoms with Crippen molar-refractivity contribution in [3.63, 3.8) is 0 Å². The highest BCUT2D eigenvalue weighted by Crippen LogP contribution is 2.06. The van der Waals surface area contributed by atoms with Crippen molar-refractivity contribution in [2.45, 2.75) is 26.4 Å². The van der Waals surface area contributed by atoms with Crippen LogP contribution in [0.25, 0.3) is 0 Å². The fourth-order valence-corrected chi connectivity index (χ4v) is 5.12. The van der Waals surface area contributed by atoms with Gasteiger partial charge in [0.25, 0.3) is 0 Å². The SMILES string of the molecule is CC(C)(C)OC(=O)NCCOCCOCCOCCOCCOCCOCCOCCOCCOCCOCCOCCOCCOCCOCCOCCOCCOCCOCCOCCOCCOCCN. The Morgan fingerprint density at radius 2 is 0.392 bits per heavy atom. The third kappa shape index (κ3) is 68.4. The second-order valence-corrected chi connectivity index (χ2v) is 16.1. The molecule has 0 saturated heterocycles. The summed E-state index contributed by atoms with van der Waals surface area (Å²) in [6.07, 6.45) is -0.458. The first kappa shape index (κ1) is 72.4. The van der Waals surface area contributed by atoms with Crippen molar-refractivity contribution < 1.29 is 109 Å². The first-order chi connectivity index (χ1) is 36.5. The molecule has 0 aliphatic heterocycles. The molecule has 0 bridgehead atoms. The van der Waals surface area contributed by atoms with E-state index in [4.69, 9.17) is 110 Å². The van der Waals surface area contributed by atoms with Gasteiger partial charge in [-0.25, -0.2) is 4.79 Å². The maximum Gasteiger partial charge on any atom is 0.407 e. The Balaban J connectivity index is 3.09. The number of hydrogen-bond donors (Lipinski definition) is 2. The molecule has 74 heavy (non-hydrogen) atoms. The molecule has 0 heterocycles. The average molecular weight is 1090 g/mol. The van der Waals surface area contributed by atoms with E-state index in [0.29, 0.717) is 291 Å². The lowest BCUT2D eigenvalue weighted by Gasteiger charge is -2.19. The third-order valence-electron chi connectivity index (χ3n) is 8.62. The predicted molar refractivity (Wildman–Crippen MR) is 270 cm³/mol. The fraction of sp³-hybridized carbons (Fsp3) is 0.980. The minimum atomic E-state index is -0.520. The number of amides is 1. The molecule has 0 aliphatic carbocycles. The first-order valence-electron chi connectivity index (χ1n) is 26.2. The summed E-state index contributed by atoms with van der Waals surface area (Å²) in [4.78, 5) is 11.5. The van der Waals surface area contributed by atoms with Gasteiger partial charge in [-0.3, -0.25) is 0 Å². The van der Waals surface area contributed by atoms with Gasteiger partial charge in [0, 0.05) is 13.1 Å². The van der Waals surface area contributed by atoms with Gasteiger partial charge in [-0.15, -0.1) is 0 Å². The summed E-state index contributed by atoms with van der Waals surface area (Å²) in [6.45, 7) is 26.8. The summed E-state index contributed by atoms with van der Waals surface area (Å²) < 4.78 is 120. The standard InChI is InChI=1S/C49H100N2O23/c1-49(2,3)74-48(52)51-5-7-54-9-11-56-13-15-58-17-19-60-21-23-62-25-27-64-29-31-66-33-35-68-37-39-70-41-43-72-45-47-73-46-44-71-42-40-69-38-36-67-34-32-65-30-28-63-26-24-61-22-20-59-18-16-57-14-12-55-10-8-53-6-4-50/h4-47,50H2,1-3H3,(H,51,52). The maximum absolute atomic E-state index is 11.5. The quantitative estimate of drug-likeness (QED) is 0.0799. The molecule has 0 fully saturated rings. The fourth-order valence-electron chi connectivity index (χ4n) is 5.12. The Bertz CT molecular complexity index is 1060. The highest BCUT2D eigenvalue weighted by Gasteiger charge is 2.15. The Labute approximate surface area is 442 Å². The van der Waals surface area contributed by atoms with Crippen molar-refractivity contribution in [2.24, 2.45) is 5.73 Å². The Hall–Kier alpha value is -1.61. The number of hydrogen-bond acceptors (Lipinski definition) is 24. The molecule has 0 saturated carbocycles. The smallest absolute Gasteiger partial charge is 0.407 e. The number of alkyl carbamates (subject to hydrolysis) is 1. The summed E-state index contributed by atoms with van der Waals surface area (Å²) in [5.74, 6) is 0. The van der Waals surface area contributed by atoms with Gasteiger partial charge in [-0.05, 0) is 20.8 Å². The lowest BCUT2D eigenvalue weighted by atomic mass is 10.2. The molecule has 0 spiro atoms. The average Bonchev–Trinajstić information content (AvgIpc) is 3.38. The van der Waals surface area contributed by atoms with Gasteiger partial charge >= 0.3 is 6.09 Å². The second kappa shape index (κ2) is 63.9. The molecule has 0 aliphatic rings. The normalized spacial score (nSPS) is 11.8. The van der Waals surface area contributed by atoms with Crippen molar-refractivity contribution in [1.29, 1.82) is 0 Å². The first-order valence-corrected chi connectivity index (χ1v) is 26.2. The van der Waals surface area contributed by atoms with E-state index in [1.165, 1.54) is 0 Å². The molecular formula is C49H100N2O23. The zero-order chi connectivity index (χ0) is 53.5. The van der Waals surface area contributed by atoms with Crippen molar-refractivity contribution in [2.75, 3.05) is 291 Å². The van der Waals surface area contributed by atoms with E-state index in [9.17, 15) is 4.79 Å². The molecule has 1 amide bonds. The van der Waals surface area contributed by atoms with Crippen LogP contribution in [0.2, 0.25) is 0 Å². The van der Waals surface area contributed by atoms with Crippen LogP contribution in [0.3, 0.4) is 0 Å². The number of nitrogens with two attached hydrogens (primary N) is 1. The van der Waals surface area contributed by atoms with Gasteiger partial charge in [0.2, 0.25) is 0 Å².